The molecule has 1 amide bonds. The molecule has 4 heteroatoms. The molecular weight excluding hydrogens is 198 g/mol. The van der Waals surface area contributed by atoms with Crippen LogP contribution in [0.25, 0.3) is 6.08 Å². The van der Waals surface area contributed by atoms with E-state index < -0.39 is 0 Å². The van der Waals surface area contributed by atoms with Crippen LogP contribution in [-0.2, 0) is 9.53 Å². The zero-order chi connectivity index (χ0) is 9.80. The van der Waals surface area contributed by atoms with E-state index in [2.05, 4.69) is 0 Å². The third-order valence-electron chi connectivity index (χ3n) is 2.01. The van der Waals surface area contributed by atoms with Gasteiger partial charge in [0, 0.05) is 12.7 Å². The molecule has 3 nitrogen and oxygen atoms in total. The van der Waals surface area contributed by atoms with Crippen molar-refractivity contribution in [2.45, 2.75) is 0 Å². The van der Waals surface area contributed by atoms with Crippen LogP contribution in [0.4, 0.5) is 0 Å². The first-order chi connectivity index (χ1) is 6.86. The van der Waals surface area contributed by atoms with Crippen molar-refractivity contribution >= 4 is 23.3 Å². The Morgan fingerprint density at radius 2 is 2.50 bits per heavy atom. The molecule has 74 valence electrons. The summed E-state index contributed by atoms with van der Waals surface area (Å²) < 4.78 is 5.03. The minimum absolute atomic E-state index is 0.0303. The predicted octanol–water partition coefficient (Wildman–Crippen LogP) is 1.58. The number of carbonyl (C=O) groups is 1. The summed E-state index contributed by atoms with van der Waals surface area (Å²) in [6.45, 7) is 1.48. The van der Waals surface area contributed by atoms with Crippen molar-refractivity contribution in [3.05, 3.63) is 28.6 Å². The Morgan fingerprint density at radius 3 is 3.21 bits per heavy atom. The highest BCUT2D eigenvalue weighted by atomic mass is 32.1. The molecule has 0 unspecified atom stereocenters. The average Bonchev–Trinajstić information content (AvgIpc) is 2.69. The molecule has 1 aliphatic heterocycles. The number of amides is 1. The van der Waals surface area contributed by atoms with Gasteiger partial charge in [0.1, 0.15) is 6.61 Å². The molecule has 1 aromatic rings. The van der Waals surface area contributed by atoms with Gasteiger partial charge in [-0.05, 0) is 28.5 Å². The third-order valence-corrected chi connectivity index (χ3v) is 2.71. The summed E-state index contributed by atoms with van der Waals surface area (Å²) in [5.41, 5.74) is 1.13. The molecule has 0 bridgehead atoms. The highest BCUT2D eigenvalue weighted by Gasteiger charge is 2.15. The van der Waals surface area contributed by atoms with E-state index in [0.717, 1.165) is 5.56 Å². The molecule has 0 aromatic carbocycles. The molecule has 2 rings (SSSR count). The Bertz CT molecular complexity index is 332. The number of thiophene rings is 1. The fraction of sp³-hybridized carbons (Fsp3) is 0.300. The minimum atomic E-state index is 0.0303. The van der Waals surface area contributed by atoms with E-state index in [1.807, 2.05) is 29.1 Å². The van der Waals surface area contributed by atoms with Crippen molar-refractivity contribution in [1.82, 2.24) is 4.90 Å². The molecule has 0 atom stereocenters. The molecule has 0 radical (unpaired) electrons. The summed E-state index contributed by atoms with van der Waals surface area (Å²) >= 11 is 1.65. The van der Waals surface area contributed by atoms with Crippen molar-refractivity contribution in [3.8, 4) is 0 Å². The largest absolute Gasteiger partial charge is 0.370 e. The Labute approximate surface area is 86.6 Å². The summed E-state index contributed by atoms with van der Waals surface area (Å²) in [6.07, 6.45) is 3.77. The van der Waals surface area contributed by atoms with E-state index in [1.165, 1.54) is 0 Å². The van der Waals surface area contributed by atoms with Gasteiger partial charge in [-0.3, -0.25) is 4.79 Å². The number of hydrogen-bond donors (Lipinski definition) is 0. The molecule has 14 heavy (non-hydrogen) atoms. The lowest BCUT2D eigenvalue weighted by molar-refractivity contribution is -0.139. The second kappa shape index (κ2) is 4.39. The van der Waals surface area contributed by atoms with Crippen LogP contribution in [0.3, 0.4) is 0 Å². The van der Waals surface area contributed by atoms with Gasteiger partial charge in [-0.2, -0.15) is 11.3 Å². The molecule has 1 aromatic heterocycles. The van der Waals surface area contributed by atoms with E-state index in [1.54, 1.807) is 16.2 Å². The van der Waals surface area contributed by atoms with E-state index in [4.69, 9.17) is 4.74 Å². The average molecular weight is 209 g/mol. The van der Waals surface area contributed by atoms with E-state index >= 15 is 0 Å². The molecule has 1 saturated heterocycles. The van der Waals surface area contributed by atoms with Crippen molar-refractivity contribution in [2.75, 3.05) is 19.8 Å². The number of morpholine rings is 1. The quantitative estimate of drug-likeness (QED) is 0.740. The van der Waals surface area contributed by atoms with Gasteiger partial charge in [-0.15, -0.1) is 0 Å². The number of rotatable bonds is 2. The maximum atomic E-state index is 11.3. The van der Waals surface area contributed by atoms with Crippen LogP contribution in [0, 0.1) is 0 Å². The van der Waals surface area contributed by atoms with Gasteiger partial charge in [0.15, 0.2) is 0 Å². The van der Waals surface area contributed by atoms with Crippen molar-refractivity contribution in [3.63, 3.8) is 0 Å². The zero-order valence-corrected chi connectivity index (χ0v) is 8.50. The Balaban J connectivity index is 1.99. The molecular formula is C10H11NO2S. The molecule has 1 fully saturated rings. The lowest BCUT2D eigenvalue weighted by Crippen LogP contribution is -2.37. The second-order valence-electron chi connectivity index (χ2n) is 3.01. The Morgan fingerprint density at radius 1 is 1.57 bits per heavy atom. The highest BCUT2D eigenvalue weighted by Crippen LogP contribution is 2.09. The van der Waals surface area contributed by atoms with Crippen LogP contribution in [0.1, 0.15) is 5.56 Å². The van der Waals surface area contributed by atoms with Gasteiger partial charge in [-0.1, -0.05) is 0 Å². The monoisotopic (exact) mass is 209 g/mol. The number of carbonyl (C=O) groups excluding carboxylic acids is 1. The normalized spacial score (nSPS) is 18.0. The lowest BCUT2D eigenvalue weighted by Gasteiger charge is -2.22. The standard InChI is InChI=1S/C10H11NO2S/c12-10-7-13-5-4-11(10)3-1-9-2-6-14-8-9/h1-3,6,8H,4-5,7H2/b3-1+. The fourth-order valence-corrected chi connectivity index (χ4v) is 1.86. The first-order valence-corrected chi connectivity index (χ1v) is 5.38. The first kappa shape index (κ1) is 9.43. The summed E-state index contributed by atoms with van der Waals surface area (Å²) in [6, 6.07) is 2.02. The maximum Gasteiger partial charge on any atom is 0.252 e. The SMILES string of the molecule is O=C1COCCN1/C=C/c1ccsc1. The number of nitrogens with zero attached hydrogens (tertiary/aromatic N) is 1. The van der Waals surface area contributed by atoms with Crippen molar-refractivity contribution in [2.24, 2.45) is 0 Å². The van der Waals surface area contributed by atoms with Gasteiger partial charge < -0.3 is 9.64 Å². The second-order valence-corrected chi connectivity index (χ2v) is 3.79. The van der Waals surface area contributed by atoms with Crippen LogP contribution in [0.15, 0.2) is 23.0 Å². The molecule has 0 N–H and O–H groups in total. The third kappa shape index (κ3) is 2.21. The van der Waals surface area contributed by atoms with Crippen LogP contribution in [0.5, 0.6) is 0 Å². The topological polar surface area (TPSA) is 29.5 Å². The summed E-state index contributed by atoms with van der Waals surface area (Å²) in [4.78, 5) is 13.0. The Hall–Kier alpha value is -1.13. The van der Waals surface area contributed by atoms with Crippen molar-refractivity contribution in [1.29, 1.82) is 0 Å². The molecule has 0 aliphatic carbocycles. The van der Waals surface area contributed by atoms with Crippen LogP contribution in [-0.4, -0.2) is 30.6 Å². The van der Waals surface area contributed by atoms with Gasteiger partial charge in [-0.25, -0.2) is 0 Å². The van der Waals surface area contributed by atoms with Crippen LogP contribution < -0.4 is 0 Å². The predicted molar refractivity (Wildman–Crippen MR) is 55.9 cm³/mol. The first-order valence-electron chi connectivity index (χ1n) is 4.44. The molecule has 0 saturated carbocycles. The van der Waals surface area contributed by atoms with E-state index in [-0.39, 0.29) is 12.5 Å². The Kier molecular flexibility index (Phi) is 2.96. The lowest BCUT2D eigenvalue weighted by atomic mass is 10.3. The number of hydrogen-bond acceptors (Lipinski definition) is 3. The van der Waals surface area contributed by atoms with Crippen LogP contribution in [0.2, 0.25) is 0 Å². The molecule has 0 spiro atoms. The van der Waals surface area contributed by atoms with E-state index in [0.29, 0.717) is 13.2 Å². The van der Waals surface area contributed by atoms with Crippen LogP contribution >= 0.6 is 11.3 Å². The smallest absolute Gasteiger partial charge is 0.252 e. The molecule has 1 aliphatic rings. The summed E-state index contributed by atoms with van der Waals surface area (Å²) in [5.74, 6) is 0.0303. The summed E-state index contributed by atoms with van der Waals surface area (Å²) in [5, 5.41) is 4.06. The highest BCUT2D eigenvalue weighted by molar-refractivity contribution is 7.08. The van der Waals surface area contributed by atoms with Gasteiger partial charge >= 0.3 is 0 Å². The summed E-state index contributed by atoms with van der Waals surface area (Å²) in [7, 11) is 0. The van der Waals surface area contributed by atoms with Gasteiger partial charge in [0.05, 0.1) is 6.61 Å². The number of ether oxygens (including phenoxy) is 1. The van der Waals surface area contributed by atoms with Gasteiger partial charge in [0.2, 0.25) is 0 Å². The van der Waals surface area contributed by atoms with Crippen molar-refractivity contribution < 1.29 is 9.53 Å². The zero-order valence-electron chi connectivity index (χ0n) is 7.68. The van der Waals surface area contributed by atoms with E-state index in [9.17, 15) is 4.79 Å². The molecule has 2 heterocycles. The maximum absolute atomic E-state index is 11.3. The fourth-order valence-electron chi connectivity index (χ4n) is 1.23. The minimum Gasteiger partial charge on any atom is -0.370 e. The van der Waals surface area contributed by atoms with Gasteiger partial charge in [0.25, 0.3) is 5.91 Å².